The van der Waals surface area contributed by atoms with E-state index in [9.17, 15) is 4.39 Å². The summed E-state index contributed by atoms with van der Waals surface area (Å²) in [6.45, 7) is 4.71. The van der Waals surface area contributed by atoms with E-state index in [2.05, 4.69) is 14.9 Å². The van der Waals surface area contributed by atoms with Crippen LogP contribution in [0.2, 0.25) is 0 Å². The molecule has 0 saturated carbocycles. The zero-order valence-corrected chi connectivity index (χ0v) is 12.7. The van der Waals surface area contributed by atoms with E-state index in [0.29, 0.717) is 5.88 Å². The summed E-state index contributed by atoms with van der Waals surface area (Å²) in [6.07, 6.45) is 5.52. The van der Waals surface area contributed by atoms with Crippen molar-refractivity contribution < 1.29 is 9.13 Å². The highest BCUT2D eigenvalue weighted by Gasteiger charge is 2.21. The van der Waals surface area contributed by atoms with Crippen LogP contribution in [0.3, 0.4) is 0 Å². The molecule has 0 N–H and O–H groups in total. The number of ether oxygens (including phenoxy) is 1. The standard InChI is InChI=1S/C17H20FN3O/c1-13-10-19-11-17(20-13)22-16-6-8-21(9-7-16)12-14-2-4-15(18)5-3-14/h2-5,10-11,16H,6-9,12H2,1H3. The molecular weight excluding hydrogens is 281 g/mol. The largest absolute Gasteiger partial charge is 0.473 e. The lowest BCUT2D eigenvalue weighted by atomic mass is 10.1. The Hall–Kier alpha value is -2.01. The molecule has 1 aromatic carbocycles. The van der Waals surface area contributed by atoms with Crippen LogP contribution in [0.1, 0.15) is 24.1 Å². The molecule has 1 aromatic heterocycles. The van der Waals surface area contributed by atoms with Gasteiger partial charge in [0.05, 0.1) is 11.9 Å². The molecule has 5 heteroatoms. The van der Waals surface area contributed by atoms with Crippen molar-refractivity contribution in [3.63, 3.8) is 0 Å². The number of aryl methyl sites for hydroxylation is 1. The molecule has 0 atom stereocenters. The van der Waals surface area contributed by atoms with E-state index in [1.807, 2.05) is 19.1 Å². The van der Waals surface area contributed by atoms with E-state index in [0.717, 1.165) is 43.7 Å². The number of hydrogen-bond acceptors (Lipinski definition) is 4. The third-order valence-corrected chi connectivity index (χ3v) is 3.87. The maximum atomic E-state index is 12.9. The Kier molecular flexibility index (Phi) is 4.63. The Morgan fingerprint density at radius 2 is 1.91 bits per heavy atom. The van der Waals surface area contributed by atoms with E-state index in [1.54, 1.807) is 12.4 Å². The summed E-state index contributed by atoms with van der Waals surface area (Å²) in [6, 6.07) is 6.73. The van der Waals surface area contributed by atoms with Crippen LogP contribution in [0.25, 0.3) is 0 Å². The van der Waals surface area contributed by atoms with Gasteiger partial charge in [0.2, 0.25) is 5.88 Å². The molecule has 0 bridgehead atoms. The molecule has 1 aliphatic heterocycles. The van der Waals surface area contributed by atoms with Gasteiger partial charge in [-0.3, -0.25) is 9.88 Å². The lowest BCUT2D eigenvalue weighted by Crippen LogP contribution is -2.37. The Bertz CT molecular complexity index is 610. The van der Waals surface area contributed by atoms with E-state index < -0.39 is 0 Å². The van der Waals surface area contributed by atoms with E-state index >= 15 is 0 Å². The average molecular weight is 301 g/mol. The van der Waals surface area contributed by atoms with Gasteiger partial charge in [0, 0.05) is 25.8 Å². The number of halogens is 1. The first-order chi connectivity index (χ1) is 10.7. The second-order valence-electron chi connectivity index (χ2n) is 5.72. The first kappa shape index (κ1) is 14.9. The van der Waals surface area contributed by atoms with Gasteiger partial charge in [-0.05, 0) is 37.5 Å². The van der Waals surface area contributed by atoms with E-state index in [-0.39, 0.29) is 11.9 Å². The molecule has 0 amide bonds. The number of benzene rings is 1. The Labute approximate surface area is 130 Å². The third kappa shape index (κ3) is 4.01. The maximum Gasteiger partial charge on any atom is 0.232 e. The minimum atomic E-state index is -0.185. The Balaban J connectivity index is 1.49. The van der Waals surface area contributed by atoms with Gasteiger partial charge in [0.15, 0.2) is 0 Å². The molecular formula is C17H20FN3O. The molecule has 3 rings (SSSR count). The van der Waals surface area contributed by atoms with Gasteiger partial charge in [-0.15, -0.1) is 0 Å². The summed E-state index contributed by atoms with van der Waals surface area (Å²) in [4.78, 5) is 10.8. The van der Waals surface area contributed by atoms with Crippen molar-refractivity contribution in [1.29, 1.82) is 0 Å². The molecule has 1 fully saturated rings. The highest BCUT2D eigenvalue weighted by atomic mass is 19.1. The van der Waals surface area contributed by atoms with Gasteiger partial charge in [0.25, 0.3) is 0 Å². The lowest BCUT2D eigenvalue weighted by Gasteiger charge is -2.31. The van der Waals surface area contributed by atoms with Crippen LogP contribution in [0.5, 0.6) is 5.88 Å². The van der Waals surface area contributed by atoms with Crippen LogP contribution in [0.4, 0.5) is 4.39 Å². The predicted octanol–water partition coefficient (Wildman–Crippen LogP) is 2.97. The molecule has 2 heterocycles. The fraction of sp³-hybridized carbons (Fsp3) is 0.412. The minimum absolute atomic E-state index is 0.185. The minimum Gasteiger partial charge on any atom is -0.473 e. The van der Waals surface area contributed by atoms with Crippen molar-refractivity contribution in [3.05, 3.63) is 53.7 Å². The Morgan fingerprint density at radius 1 is 1.18 bits per heavy atom. The van der Waals surface area contributed by atoms with Crippen molar-refractivity contribution >= 4 is 0 Å². The molecule has 0 spiro atoms. The van der Waals surface area contributed by atoms with Crippen LogP contribution in [0.15, 0.2) is 36.7 Å². The number of hydrogen-bond donors (Lipinski definition) is 0. The molecule has 22 heavy (non-hydrogen) atoms. The molecule has 0 unspecified atom stereocenters. The molecule has 116 valence electrons. The summed E-state index contributed by atoms with van der Waals surface area (Å²) in [5.74, 6) is 0.423. The fourth-order valence-electron chi connectivity index (χ4n) is 2.70. The fourth-order valence-corrected chi connectivity index (χ4v) is 2.70. The van der Waals surface area contributed by atoms with Gasteiger partial charge < -0.3 is 4.74 Å². The number of rotatable bonds is 4. The van der Waals surface area contributed by atoms with Crippen LogP contribution in [0, 0.1) is 12.7 Å². The summed E-state index contributed by atoms with van der Waals surface area (Å²) >= 11 is 0. The van der Waals surface area contributed by atoms with Crippen LogP contribution < -0.4 is 4.74 Å². The van der Waals surface area contributed by atoms with Gasteiger partial charge in [-0.2, -0.15) is 0 Å². The molecule has 0 aliphatic carbocycles. The molecule has 1 aliphatic rings. The number of likely N-dealkylation sites (tertiary alicyclic amines) is 1. The van der Waals surface area contributed by atoms with E-state index in [1.165, 1.54) is 12.1 Å². The second-order valence-corrected chi connectivity index (χ2v) is 5.72. The third-order valence-electron chi connectivity index (χ3n) is 3.87. The van der Waals surface area contributed by atoms with Crippen molar-refractivity contribution in [2.24, 2.45) is 0 Å². The van der Waals surface area contributed by atoms with Gasteiger partial charge in [0.1, 0.15) is 11.9 Å². The van der Waals surface area contributed by atoms with Crippen molar-refractivity contribution in [3.8, 4) is 5.88 Å². The predicted molar refractivity (Wildman–Crippen MR) is 82.1 cm³/mol. The summed E-state index contributed by atoms with van der Waals surface area (Å²) in [5.41, 5.74) is 2.01. The smallest absolute Gasteiger partial charge is 0.232 e. The normalized spacial score (nSPS) is 16.6. The zero-order chi connectivity index (χ0) is 15.4. The summed E-state index contributed by atoms with van der Waals surface area (Å²) in [7, 11) is 0. The zero-order valence-electron chi connectivity index (χ0n) is 12.7. The number of piperidine rings is 1. The Morgan fingerprint density at radius 3 is 2.59 bits per heavy atom. The van der Waals surface area contributed by atoms with Crippen LogP contribution in [-0.2, 0) is 6.54 Å². The topological polar surface area (TPSA) is 38.2 Å². The van der Waals surface area contributed by atoms with Gasteiger partial charge in [-0.1, -0.05) is 12.1 Å². The SMILES string of the molecule is Cc1cncc(OC2CCN(Cc3ccc(F)cc3)CC2)n1. The quantitative estimate of drug-likeness (QED) is 0.870. The van der Waals surface area contributed by atoms with Gasteiger partial charge >= 0.3 is 0 Å². The van der Waals surface area contributed by atoms with Crippen molar-refractivity contribution in [2.75, 3.05) is 13.1 Å². The highest BCUT2D eigenvalue weighted by molar-refractivity contribution is 5.16. The van der Waals surface area contributed by atoms with Crippen molar-refractivity contribution in [1.82, 2.24) is 14.9 Å². The molecule has 0 radical (unpaired) electrons. The van der Waals surface area contributed by atoms with E-state index in [4.69, 9.17) is 4.74 Å². The second kappa shape index (κ2) is 6.83. The van der Waals surface area contributed by atoms with Crippen LogP contribution in [-0.4, -0.2) is 34.1 Å². The first-order valence-electron chi connectivity index (χ1n) is 7.61. The monoisotopic (exact) mass is 301 g/mol. The van der Waals surface area contributed by atoms with Gasteiger partial charge in [-0.25, -0.2) is 9.37 Å². The summed E-state index contributed by atoms with van der Waals surface area (Å²) in [5, 5.41) is 0. The lowest BCUT2D eigenvalue weighted by molar-refractivity contribution is 0.0927. The van der Waals surface area contributed by atoms with Crippen molar-refractivity contribution in [2.45, 2.75) is 32.4 Å². The molecule has 2 aromatic rings. The van der Waals surface area contributed by atoms with Crippen LogP contribution >= 0.6 is 0 Å². The maximum absolute atomic E-state index is 12.9. The first-order valence-corrected chi connectivity index (χ1v) is 7.61. The highest BCUT2D eigenvalue weighted by Crippen LogP contribution is 2.18. The molecule has 4 nitrogen and oxygen atoms in total. The molecule has 1 saturated heterocycles. The number of nitrogens with zero attached hydrogens (tertiary/aromatic N) is 3. The average Bonchev–Trinajstić information content (AvgIpc) is 2.52. The summed E-state index contributed by atoms with van der Waals surface area (Å²) < 4.78 is 18.8. The number of aromatic nitrogens is 2.